The zero-order valence-electron chi connectivity index (χ0n) is 10.0. The molecule has 2 amide bonds. The van der Waals surface area contributed by atoms with Crippen molar-refractivity contribution in [2.24, 2.45) is 0 Å². The molecule has 98 valence electrons. The van der Waals surface area contributed by atoms with Crippen molar-refractivity contribution in [1.82, 2.24) is 15.6 Å². The number of carbonyl (C=O) groups is 2. The van der Waals surface area contributed by atoms with Crippen LogP contribution in [0.4, 0.5) is 4.79 Å². The van der Waals surface area contributed by atoms with Crippen molar-refractivity contribution in [1.29, 1.82) is 0 Å². The lowest BCUT2D eigenvalue weighted by Crippen LogP contribution is -2.47. The number of nitrogens with zero attached hydrogens (tertiary/aromatic N) is 1. The molecule has 1 aliphatic rings. The summed E-state index contributed by atoms with van der Waals surface area (Å²) >= 11 is 1.54. The third-order valence-corrected chi connectivity index (χ3v) is 4.00. The van der Waals surface area contributed by atoms with Gasteiger partial charge in [0, 0.05) is 11.1 Å². The Bertz CT molecular complexity index is 468. The Labute approximate surface area is 108 Å². The van der Waals surface area contributed by atoms with Crippen LogP contribution in [0.25, 0.3) is 0 Å². The molecule has 2 rings (SSSR count). The molecule has 1 heterocycles. The van der Waals surface area contributed by atoms with Crippen LogP contribution in [-0.2, 0) is 17.8 Å². The van der Waals surface area contributed by atoms with Gasteiger partial charge in [-0.25, -0.2) is 14.6 Å². The molecule has 0 unspecified atom stereocenters. The standard InChI is InChI=1S/C11H15N3O3S/c1-2-7-5-12-8(18-7)6-13-10(17)14-11(3-4-11)9(15)16/h5H,2-4,6H2,1H3,(H,15,16)(H2,13,14,17). The molecule has 1 aliphatic carbocycles. The van der Waals surface area contributed by atoms with Gasteiger partial charge in [0.15, 0.2) is 0 Å². The van der Waals surface area contributed by atoms with Crippen LogP contribution in [0.15, 0.2) is 6.20 Å². The van der Waals surface area contributed by atoms with Crippen LogP contribution in [0, 0.1) is 0 Å². The van der Waals surface area contributed by atoms with Crippen molar-refractivity contribution in [3.8, 4) is 0 Å². The van der Waals surface area contributed by atoms with Crippen LogP contribution < -0.4 is 10.6 Å². The Morgan fingerprint density at radius 1 is 1.56 bits per heavy atom. The quantitative estimate of drug-likeness (QED) is 0.747. The molecule has 0 bridgehead atoms. The van der Waals surface area contributed by atoms with Crippen molar-refractivity contribution in [3.05, 3.63) is 16.1 Å². The van der Waals surface area contributed by atoms with Crippen LogP contribution in [-0.4, -0.2) is 27.6 Å². The largest absolute Gasteiger partial charge is 0.480 e. The molecule has 0 aliphatic heterocycles. The molecule has 0 radical (unpaired) electrons. The lowest BCUT2D eigenvalue weighted by molar-refractivity contribution is -0.140. The van der Waals surface area contributed by atoms with Gasteiger partial charge in [-0.3, -0.25) is 0 Å². The summed E-state index contributed by atoms with van der Waals surface area (Å²) in [7, 11) is 0. The molecule has 6 nitrogen and oxygen atoms in total. The molecule has 0 saturated heterocycles. The highest BCUT2D eigenvalue weighted by atomic mass is 32.1. The van der Waals surface area contributed by atoms with Gasteiger partial charge in [0.25, 0.3) is 0 Å². The van der Waals surface area contributed by atoms with Crippen LogP contribution in [0.5, 0.6) is 0 Å². The summed E-state index contributed by atoms with van der Waals surface area (Å²) in [5, 5.41) is 14.8. The number of carbonyl (C=O) groups excluding carboxylic acids is 1. The molecule has 0 atom stereocenters. The molecule has 1 aromatic heterocycles. The van der Waals surface area contributed by atoms with E-state index >= 15 is 0 Å². The average molecular weight is 269 g/mol. The second-order valence-corrected chi connectivity index (χ2v) is 5.47. The predicted octanol–water partition coefficient (Wildman–Crippen LogP) is 1.12. The number of thiazole rings is 1. The lowest BCUT2D eigenvalue weighted by atomic mass is 10.3. The topological polar surface area (TPSA) is 91.3 Å². The first-order valence-corrected chi connectivity index (χ1v) is 6.60. The van der Waals surface area contributed by atoms with E-state index in [1.165, 1.54) is 0 Å². The molecule has 3 N–H and O–H groups in total. The molecule has 0 aromatic carbocycles. The Hall–Kier alpha value is -1.63. The Morgan fingerprint density at radius 2 is 2.28 bits per heavy atom. The monoisotopic (exact) mass is 269 g/mol. The third kappa shape index (κ3) is 2.79. The summed E-state index contributed by atoms with van der Waals surface area (Å²) in [6.07, 6.45) is 3.70. The number of hydrogen-bond donors (Lipinski definition) is 3. The highest BCUT2D eigenvalue weighted by Gasteiger charge is 2.51. The molecule has 1 fully saturated rings. The molecular weight excluding hydrogens is 254 g/mol. The fraction of sp³-hybridized carbons (Fsp3) is 0.545. The number of amides is 2. The van der Waals surface area contributed by atoms with Crippen LogP contribution >= 0.6 is 11.3 Å². The number of hydrogen-bond acceptors (Lipinski definition) is 4. The minimum atomic E-state index is -1.04. The maximum atomic E-state index is 11.5. The van der Waals surface area contributed by atoms with Crippen LogP contribution in [0.2, 0.25) is 0 Å². The number of aliphatic carboxylic acids is 1. The van der Waals surface area contributed by atoms with Gasteiger partial charge in [-0.1, -0.05) is 6.92 Å². The second kappa shape index (κ2) is 4.93. The fourth-order valence-corrected chi connectivity index (χ4v) is 2.33. The minimum absolute atomic E-state index is 0.326. The van der Waals surface area contributed by atoms with Crippen molar-refractivity contribution in [3.63, 3.8) is 0 Å². The number of carboxylic acid groups (broad SMARTS) is 1. The Morgan fingerprint density at radius 3 is 2.78 bits per heavy atom. The van der Waals surface area contributed by atoms with E-state index in [1.54, 1.807) is 17.5 Å². The van der Waals surface area contributed by atoms with E-state index in [1.807, 2.05) is 6.92 Å². The molecule has 1 saturated carbocycles. The number of rotatable bonds is 5. The van der Waals surface area contributed by atoms with E-state index in [9.17, 15) is 9.59 Å². The lowest BCUT2D eigenvalue weighted by Gasteiger charge is -2.12. The first-order chi connectivity index (χ1) is 8.55. The SMILES string of the molecule is CCc1cnc(CNC(=O)NC2(C(=O)O)CC2)s1. The highest BCUT2D eigenvalue weighted by molar-refractivity contribution is 7.11. The van der Waals surface area contributed by atoms with E-state index in [2.05, 4.69) is 15.6 Å². The predicted molar refractivity (Wildman–Crippen MR) is 66.5 cm³/mol. The van der Waals surface area contributed by atoms with Crippen molar-refractivity contribution in [2.45, 2.75) is 38.3 Å². The number of nitrogens with one attached hydrogen (secondary N) is 2. The molecule has 0 spiro atoms. The zero-order valence-corrected chi connectivity index (χ0v) is 10.8. The van der Waals surface area contributed by atoms with Crippen LogP contribution in [0.3, 0.4) is 0 Å². The summed E-state index contributed by atoms with van der Waals surface area (Å²) in [4.78, 5) is 27.8. The second-order valence-electron chi connectivity index (χ2n) is 4.27. The summed E-state index contributed by atoms with van der Waals surface area (Å²) in [6.45, 7) is 2.37. The van der Waals surface area contributed by atoms with Gasteiger partial charge in [0.2, 0.25) is 0 Å². The number of aryl methyl sites for hydroxylation is 1. The average Bonchev–Trinajstić information content (AvgIpc) is 2.97. The smallest absolute Gasteiger partial charge is 0.329 e. The van der Waals surface area contributed by atoms with Gasteiger partial charge < -0.3 is 15.7 Å². The first-order valence-electron chi connectivity index (χ1n) is 5.79. The Balaban J connectivity index is 1.80. The summed E-state index contributed by atoms with van der Waals surface area (Å²) < 4.78 is 0. The molecule has 18 heavy (non-hydrogen) atoms. The summed E-state index contributed by atoms with van der Waals surface area (Å²) in [5.41, 5.74) is -1.04. The summed E-state index contributed by atoms with van der Waals surface area (Å²) in [6, 6.07) is -0.455. The fourth-order valence-electron chi connectivity index (χ4n) is 1.53. The molecule has 1 aromatic rings. The van der Waals surface area contributed by atoms with E-state index in [0.29, 0.717) is 19.4 Å². The van der Waals surface area contributed by atoms with Gasteiger partial charge in [-0.15, -0.1) is 11.3 Å². The van der Waals surface area contributed by atoms with Crippen molar-refractivity contribution >= 4 is 23.3 Å². The van der Waals surface area contributed by atoms with E-state index in [-0.39, 0.29) is 0 Å². The zero-order chi connectivity index (χ0) is 13.2. The van der Waals surface area contributed by atoms with Gasteiger partial charge in [0.1, 0.15) is 10.5 Å². The van der Waals surface area contributed by atoms with Gasteiger partial charge in [0.05, 0.1) is 6.54 Å². The van der Waals surface area contributed by atoms with E-state index in [0.717, 1.165) is 16.3 Å². The molecular formula is C11H15N3O3S. The Kier molecular flexibility index (Phi) is 3.51. The highest BCUT2D eigenvalue weighted by Crippen LogP contribution is 2.35. The maximum absolute atomic E-state index is 11.5. The summed E-state index contributed by atoms with van der Waals surface area (Å²) in [5.74, 6) is -0.972. The van der Waals surface area contributed by atoms with E-state index in [4.69, 9.17) is 5.11 Å². The van der Waals surface area contributed by atoms with Gasteiger partial charge in [-0.2, -0.15) is 0 Å². The third-order valence-electron chi connectivity index (χ3n) is 2.86. The minimum Gasteiger partial charge on any atom is -0.480 e. The van der Waals surface area contributed by atoms with Gasteiger partial charge in [-0.05, 0) is 19.3 Å². The maximum Gasteiger partial charge on any atom is 0.329 e. The van der Waals surface area contributed by atoms with Crippen molar-refractivity contribution < 1.29 is 14.7 Å². The first kappa shape index (κ1) is 12.8. The number of carboxylic acids is 1. The van der Waals surface area contributed by atoms with E-state index < -0.39 is 17.5 Å². The normalized spacial score (nSPS) is 16.1. The number of aromatic nitrogens is 1. The van der Waals surface area contributed by atoms with Crippen molar-refractivity contribution in [2.75, 3.05) is 0 Å². The number of urea groups is 1. The van der Waals surface area contributed by atoms with Gasteiger partial charge >= 0.3 is 12.0 Å². The van der Waals surface area contributed by atoms with Crippen LogP contribution in [0.1, 0.15) is 29.7 Å². The molecule has 7 heteroatoms.